The monoisotopic (exact) mass is 358 g/mol. The molecule has 0 spiro atoms. The van der Waals surface area contributed by atoms with E-state index in [4.69, 9.17) is 4.74 Å². The molecule has 1 saturated carbocycles. The minimum Gasteiger partial charge on any atom is -0.790 e. The zero-order chi connectivity index (χ0) is 15.6. The van der Waals surface area contributed by atoms with Crippen LogP contribution in [0.5, 0.6) is 5.75 Å². The first kappa shape index (κ1) is 24.1. The normalized spacial score (nSPS) is 15.6. The van der Waals surface area contributed by atoms with Crippen LogP contribution in [0.15, 0.2) is 18.2 Å². The number of benzene rings is 1. The Morgan fingerprint density at radius 1 is 1.17 bits per heavy atom. The predicted molar refractivity (Wildman–Crippen MR) is 75.9 cm³/mol. The van der Waals surface area contributed by atoms with E-state index in [1.807, 2.05) is 32.0 Å². The molecule has 1 atom stereocenters. The maximum Gasteiger partial charge on any atom is 1.00 e. The van der Waals surface area contributed by atoms with Crippen molar-refractivity contribution in [1.82, 2.24) is 0 Å². The van der Waals surface area contributed by atoms with Crippen LogP contribution in [0, 0.1) is 5.92 Å². The molecule has 8 heteroatoms. The maximum absolute atomic E-state index is 10.5. The van der Waals surface area contributed by atoms with Crippen LogP contribution < -0.4 is 73.6 Å². The van der Waals surface area contributed by atoms with Gasteiger partial charge in [-0.25, -0.2) is 0 Å². The molecule has 5 nitrogen and oxygen atoms in total. The Hall–Kier alpha value is 1.13. The van der Waals surface area contributed by atoms with Gasteiger partial charge in [-0.05, 0) is 41.7 Å². The van der Waals surface area contributed by atoms with Crippen molar-refractivity contribution in [2.75, 3.05) is 6.79 Å². The summed E-state index contributed by atoms with van der Waals surface area (Å²) in [6.07, 6.45) is 2.42. The molecule has 118 valence electrons. The van der Waals surface area contributed by atoms with E-state index < -0.39 is 14.6 Å². The number of hydrogen-bond acceptors (Lipinski definition) is 5. The molecule has 0 N–H and O–H groups in total. The van der Waals surface area contributed by atoms with Crippen molar-refractivity contribution in [2.24, 2.45) is 5.92 Å². The van der Waals surface area contributed by atoms with E-state index >= 15 is 0 Å². The number of para-hydroxylation sites is 1. The van der Waals surface area contributed by atoms with Crippen molar-refractivity contribution in [1.29, 1.82) is 0 Å². The average Bonchev–Trinajstić information content (AvgIpc) is 3.20. The second kappa shape index (κ2) is 10.3. The summed E-state index contributed by atoms with van der Waals surface area (Å²) >= 11 is 0. The summed E-state index contributed by atoms with van der Waals surface area (Å²) in [4.78, 5) is 21.1. The third-order valence-electron chi connectivity index (χ3n) is 3.93. The number of phosphoric acid groups is 1. The number of ether oxygens (including phenoxy) is 1. The topological polar surface area (TPSA) is 81.7 Å². The Balaban J connectivity index is 0.00000242. The van der Waals surface area contributed by atoms with E-state index in [-0.39, 0.29) is 65.0 Å². The first-order valence-corrected chi connectivity index (χ1v) is 8.68. The van der Waals surface area contributed by atoms with Gasteiger partial charge in [0.2, 0.25) is 0 Å². The summed E-state index contributed by atoms with van der Waals surface area (Å²) in [5, 5.41) is 0. The van der Waals surface area contributed by atoms with Crippen LogP contribution >= 0.6 is 7.82 Å². The summed E-state index contributed by atoms with van der Waals surface area (Å²) in [6, 6.07) is 5.94. The molecule has 1 aromatic rings. The number of phosphoric ester groups is 1. The van der Waals surface area contributed by atoms with Crippen molar-refractivity contribution in [3.05, 3.63) is 29.3 Å². The van der Waals surface area contributed by atoms with Gasteiger partial charge >= 0.3 is 59.1 Å². The van der Waals surface area contributed by atoms with E-state index in [0.717, 1.165) is 11.1 Å². The molecule has 0 unspecified atom stereocenters. The van der Waals surface area contributed by atoms with Gasteiger partial charge in [-0.15, -0.1) is 0 Å². The van der Waals surface area contributed by atoms with Crippen LogP contribution in [0.2, 0.25) is 0 Å². The third kappa shape index (κ3) is 7.49. The molecule has 1 aliphatic rings. The van der Waals surface area contributed by atoms with Gasteiger partial charge in [0.05, 0.1) is 7.82 Å². The molecule has 0 heterocycles. The Bertz CT molecular complexity index is 543. The van der Waals surface area contributed by atoms with Gasteiger partial charge in [-0.1, -0.05) is 39.0 Å². The molecule has 1 aromatic carbocycles. The minimum atomic E-state index is -5.01. The fourth-order valence-electron chi connectivity index (χ4n) is 2.55. The van der Waals surface area contributed by atoms with Crippen LogP contribution in [0.3, 0.4) is 0 Å². The molecule has 0 amide bonds. The van der Waals surface area contributed by atoms with Gasteiger partial charge in [0, 0.05) is 0 Å². The Kier molecular flexibility index (Phi) is 10.8. The van der Waals surface area contributed by atoms with E-state index in [2.05, 4.69) is 11.4 Å². The molecular formula is C15H21Na2O5P. The van der Waals surface area contributed by atoms with Crippen molar-refractivity contribution < 1.29 is 82.7 Å². The van der Waals surface area contributed by atoms with Gasteiger partial charge in [0.25, 0.3) is 0 Å². The zero-order valence-electron chi connectivity index (χ0n) is 14.6. The van der Waals surface area contributed by atoms with Crippen LogP contribution in [0.4, 0.5) is 0 Å². The van der Waals surface area contributed by atoms with E-state index in [1.165, 1.54) is 12.8 Å². The summed E-state index contributed by atoms with van der Waals surface area (Å²) in [6.45, 7) is 5.66. The summed E-state index contributed by atoms with van der Waals surface area (Å²) < 4.78 is 20.3. The van der Waals surface area contributed by atoms with Gasteiger partial charge in [-0.2, -0.15) is 0 Å². The second-order valence-corrected chi connectivity index (χ2v) is 7.04. The summed E-state index contributed by atoms with van der Waals surface area (Å²) in [5.74, 6) is 1.89. The second-order valence-electron chi connectivity index (χ2n) is 5.88. The van der Waals surface area contributed by atoms with Crippen molar-refractivity contribution in [3.8, 4) is 5.75 Å². The zero-order valence-corrected chi connectivity index (χ0v) is 19.5. The number of rotatable bonds is 7. The minimum absolute atomic E-state index is 0. The van der Waals surface area contributed by atoms with E-state index in [1.54, 1.807) is 0 Å². The molecule has 0 bridgehead atoms. The van der Waals surface area contributed by atoms with Crippen molar-refractivity contribution in [2.45, 2.75) is 45.4 Å². The Labute approximate surface area is 182 Å². The largest absolute Gasteiger partial charge is 1.00 e. The molecule has 0 aliphatic heterocycles. The fraction of sp³-hybridized carbons (Fsp3) is 0.600. The molecule has 0 radical (unpaired) electrons. The van der Waals surface area contributed by atoms with Crippen molar-refractivity contribution in [3.63, 3.8) is 0 Å². The summed E-state index contributed by atoms with van der Waals surface area (Å²) in [7, 11) is -5.01. The smallest absolute Gasteiger partial charge is 0.790 e. The summed E-state index contributed by atoms with van der Waals surface area (Å²) in [5.41, 5.74) is 2.05. The van der Waals surface area contributed by atoms with Gasteiger partial charge in [0.1, 0.15) is 5.75 Å². The molecular weight excluding hydrogens is 337 g/mol. The van der Waals surface area contributed by atoms with E-state index in [9.17, 15) is 14.4 Å². The van der Waals surface area contributed by atoms with Gasteiger partial charge in [0.15, 0.2) is 6.79 Å². The molecule has 0 saturated heterocycles. The van der Waals surface area contributed by atoms with Crippen LogP contribution in [0.25, 0.3) is 0 Å². The first-order chi connectivity index (χ1) is 9.79. The molecule has 2 rings (SSSR count). The maximum atomic E-state index is 10.5. The Morgan fingerprint density at radius 2 is 1.74 bits per heavy atom. The fourth-order valence-corrected chi connectivity index (χ4v) is 2.74. The Morgan fingerprint density at radius 3 is 2.22 bits per heavy atom. The molecule has 1 aliphatic carbocycles. The quantitative estimate of drug-likeness (QED) is 0.287. The molecule has 1 fully saturated rings. The van der Waals surface area contributed by atoms with Crippen LogP contribution in [0.1, 0.15) is 56.6 Å². The van der Waals surface area contributed by atoms with Gasteiger partial charge in [-0.3, -0.25) is 0 Å². The predicted octanol–water partition coefficient (Wildman–Crippen LogP) is -3.49. The first-order valence-electron chi connectivity index (χ1n) is 7.22. The SMILES string of the molecule is CC(C)c1cccc([C@H](C)C2CC2)c1OCOP(=O)([O-])[O-].[Na+].[Na+]. The van der Waals surface area contributed by atoms with Gasteiger partial charge < -0.3 is 23.6 Å². The van der Waals surface area contributed by atoms with E-state index in [0.29, 0.717) is 17.6 Å². The van der Waals surface area contributed by atoms with Crippen LogP contribution in [-0.4, -0.2) is 6.79 Å². The molecule has 23 heavy (non-hydrogen) atoms. The van der Waals surface area contributed by atoms with Crippen molar-refractivity contribution >= 4 is 7.82 Å². The number of hydrogen-bond donors (Lipinski definition) is 0. The average molecular weight is 358 g/mol. The standard InChI is InChI=1S/C15H23O5P.2Na/c1-10(2)13-5-4-6-14(11(3)12-7-8-12)15(13)19-9-20-21(16,17)18;;/h4-6,10-12H,7-9H2,1-3H3,(H2,16,17,18);;/q;2*+1/p-2/t11-;;/m1../s1. The third-order valence-corrected chi connectivity index (χ3v) is 4.35. The molecule has 0 aromatic heterocycles. The van der Waals surface area contributed by atoms with Crippen LogP contribution in [-0.2, 0) is 9.09 Å².